The number of aliphatic hydroxyl groups is 2. The second-order valence-corrected chi connectivity index (χ2v) is 8.22. The molecule has 0 saturated carbocycles. The monoisotopic (exact) mass is 388 g/mol. The van der Waals surface area contributed by atoms with E-state index >= 15 is 0 Å². The summed E-state index contributed by atoms with van der Waals surface area (Å²) < 4.78 is 0. The van der Waals surface area contributed by atoms with Gasteiger partial charge in [0.15, 0.2) is 0 Å². The highest BCUT2D eigenvalue weighted by atomic mass is 16.3. The second kappa shape index (κ2) is 8.69. The third kappa shape index (κ3) is 4.87. The quantitative estimate of drug-likeness (QED) is 0.562. The highest BCUT2D eigenvalue weighted by molar-refractivity contribution is 5.91. The summed E-state index contributed by atoms with van der Waals surface area (Å²) in [5, 5.41) is 31.3. The van der Waals surface area contributed by atoms with Crippen LogP contribution in [0.25, 0.3) is 0 Å². The second-order valence-electron chi connectivity index (χ2n) is 8.22. The van der Waals surface area contributed by atoms with Crippen LogP contribution in [0.4, 0.5) is 0 Å². The molecule has 4 atom stereocenters. The van der Waals surface area contributed by atoms with E-state index in [2.05, 4.69) is 5.32 Å². The SMILES string of the molecule is CC(C)(C)C(N)C(=O)N1C[C@H](O)C[C@H]1C(=O)N[C@@H](CO)c1ccc(C#N)cc1. The number of rotatable bonds is 5. The zero-order chi connectivity index (χ0) is 21.1. The van der Waals surface area contributed by atoms with Gasteiger partial charge >= 0.3 is 0 Å². The molecule has 2 rings (SSSR count). The molecule has 1 aliphatic rings. The van der Waals surface area contributed by atoms with Crippen molar-refractivity contribution in [2.45, 2.75) is 51.4 Å². The first-order valence-corrected chi connectivity index (χ1v) is 9.24. The van der Waals surface area contributed by atoms with Crippen LogP contribution >= 0.6 is 0 Å². The first-order valence-electron chi connectivity index (χ1n) is 9.24. The summed E-state index contributed by atoms with van der Waals surface area (Å²) in [6.07, 6.45) is -0.700. The Kier molecular flexibility index (Phi) is 6.77. The van der Waals surface area contributed by atoms with Crippen molar-refractivity contribution in [3.05, 3.63) is 35.4 Å². The van der Waals surface area contributed by atoms with Crippen LogP contribution in [-0.4, -0.2) is 58.3 Å². The molecule has 0 bridgehead atoms. The van der Waals surface area contributed by atoms with Gasteiger partial charge in [0, 0.05) is 13.0 Å². The van der Waals surface area contributed by atoms with Crippen molar-refractivity contribution in [1.82, 2.24) is 10.2 Å². The van der Waals surface area contributed by atoms with E-state index in [0.717, 1.165) is 0 Å². The predicted molar refractivity (Wildman–Crippen MR) is 103 cm³/mol. The number of amides is 2. The third-order valence-corrected chi connectivity index (χ3v) is 5.01. The van der Waals surface area contributed by atoms with Crippen LogP contribution in [-0.2, 0) is 9.59 Å². The number of likely N-dealkylation sites (tertiary alicyclic amines) is 1. The Bertz CT molecular complexity index is 751. The minimum absolute atomic E-state index is 0.0430. The molecule has 1 unspecified atom stereocenters. The zero-order valence-corrected chi connectivity index (χ0v) is 16.4. The van der Waals surface area contributed by atoms with Gasteiger partial charge in [0.2, 0.25) is 11.8 Å². The lowest BCUT2D eigenvalue weighted by molar-refractivity contribution is -0.141. The van der Waals surface area contributed by atoms with Crippen molar-refractivity contribution in [3.8, 4) is 6.07 Å². The van der Waals surface area contributed by atoms with Gasteiger partial charge in [-0.1, -0.05) is 32.9 Å². The summed E-state index contributed by atoms with van der Waals surface area (Å²) in [4.78, 5) is 26.9. The molecule has 1 fully saturated rings. The maximum absolute atomic E-state index is 12.8. The van der Waals surface area contributed by atoms with Crippen molar-refractivity contribution in [1.29, 1.82) is 5.26 Å². The lowest BCUT2D eigenvalue weighted by atomic mass is 9.86. The number of hydrogen-bond acceptors (Lipinski definition) is 6. The number of benzene rings is 1. The van der Waals surface area contributed by atoms with Gasteiger partial charge in [-0.25, -0.2) is 0 Å². The van der Waals surface area contributed by atoms with Gasteiger partial charge < -0.3 is 26.2 Å². The third-order valence-electron chi connectivity index (χ3n) is 5.01. The minimum atomic E-state index is -0.858. The fourth-order valence-corrected chi connectivity index (χ4v) is 3.15. The van der Waals surface area contributed by atoms with Crippen LogP contribution in [0.3, 0.4) is 0 Å². The Morgan fingerprint density at radius 2 is 1.96 bits per heavy atom. The number of carbonyl (C=O) groups excluding carboxylic acids is 2. The fourth-order valence-electron chi connectivity index (χ4n) is 3.15. The van der Waals surface area contributed by atoms with E-state index in [4.69, 9.17) is 11.0 Å². The van der Waals surface area contributed by atoms with Crippen LogP contribution in [0.5, 0.6) is 0 Å². The molecule has 1 aromatic carbocycles. The lowest BCUT2D eigenvalue weighted by Crippen LogP contribution is -2.55. The number of nitrogens with zero attached hydrogens (tertiary/aromatic N) is 2. The van der Waals surface area contributed by atoms with Gasteiger partial charge in [-0.05, 0) is 23.1 Å². The van der Waals surface area contributed by atoms with Crippen LogP contribution in [0.15, 0.2) is 24.3 Å². The van der Waals surface area contributed by atoms with Gasteiger partial charge in [-0.2, -0.15) is 5.26 Å². The Balaban J connectivity index is 2.15. The van der Waals surface area contributed by atoms with Gasteiger partial charge in [-0.3, -0.25) is 9.59 Å². The highest BCUT2D eigenvalue weighted by Gasteiger charge is 2.43. The molecule has 152 valence electrons. The number of β-amino-alcohol motifs (C(OH)–C–C–N with tert-alkyl or cyclic N) is 1. The van der Waals surface area contributed by atoms with E-state index in [-0.39, 0.29) is 25.5 Å². The van der Waals surface area contributed by atoms with Crippen LogP contribution in [0, 0.1) is 16.7 Å². The topological polar surface area (TPSA) is 140 Å². The molecule has 5 N–H and O–H groups in total. The average molecular weight is 388 g/mol. The smallest absolute Gasteiger partial charge is 0.243 e. The van der Waals surface area contributed by atoms with E-state index in [9.17, 15) is 19.8 Å². The molecule has 28 heavy (non-hydrogen) atoms. The summed E-state index contributed by atoms with van der Waals surface area (Å²) >= 11 is 0. The molecule has 2 amide bonds. The maximum Gasteiger partial charge on any atom is 0.243 e. The zero-order valence-electron chi connectivity index (χ0n) is 16.4. The number of hydrogen-bond donors (Lipinski definition) is 4. The molecule has 0 radical (unpaired) electrons. The van der Waals surface area contributed by atoms with Crippen LogP contribution in [0.1, 0.15) is 44.4 Å². The lowest BCUT2D eigenvalue weighted by Gasteiger charge is -2.33. The summed E-state index contributed by atoms with van der Waals surface area (Å²) in [6, 6.07) is 6.16. The predicted octanol–water partition coefficient (Wildman–Crippen LogP) is 0.0431. The number of nitrogens with two attached hydrogens (primary N) is 1. The molecular formula is C20H28N4O4. The maximum atomic E-state index is 12.8. The van der Waals surface area contributed by atoms with Crippen molar-refractivity contribution in [2.24, 2.45) is 11.1 Å². The van der Waals surface area contributed by atoms with Crippen LogP contribution < -0.4 is 11.1 Å². The molecule has 0 aliphatic carbocycles. The van der Waals surface area contributed by atoms with Crippen molar-refractivity contribution >= 4 is 11.8 Å². The summed E-state index contributed by atoms with van der Waals surface area (Å²) in [5.41, 5.74) is 6.68. The first kappa shape index (κ1) is 21.8. The Hall–Kier alpha value is -2.47. The van der Waals surface area contributed by atoms with E-state index in [1.807, 2.05) is 26.8 Å². The summed E-state index contributed by atoms with van der Waals surface area (Å²) in [6.45, 7) is 5.21. The minimum Gasteiger partial charge on any atom is -0.394 e. The Morgan fingerprint density at radius 1 is 1.36 bits per heavy atom. The molecule has 0 spiro atoms. The van der Waals surface area contributed by atoms with Gasteiger partial charge in [0.1, 0.15) is 6.04 Å². The van der Waals surface area contributed by atoms with Gasteiger partial charge in [-0.15, -0.1) is 0 Å². The average Bonchev–Trinajstić information content (AvgIpc) is 3.06. The number of nitrogens with one attached hydrogen (secondary N) is 1. The summed E-state index contributed by atoms with van der Waals surface area (Å²) in [7, 11) is 0. The summed E-state index contributed by atoms with van der Waals surface area (Å²) in [5.74, 6) is -0.849. The first-order chi connectivity index (χ1) is 13.1. The molecular weight excluding hydrogens is 360 g/mol. The van der Waals surface area contributed by atoms with E-state index < -0.39 is 35.6 Å². The van der Waals surface area contributed by atoms with E-state index in [0.29, 0.717) is 11.1 Å². The molecule has 1 aliphatic heterocycles. The van der Waals surface area contributed by atoms with Gasteiger partial charge in [0.05, 0.1) is 36.4 Å². The standard InChI is InChI=1S/C20H28N4O4/c1-20(2,3)17(22)19(28)24-10-14(26)8-16(24)18(27)23-15(11-25)13-6-4-12(9-21)5-7-13/h4-7,14-17,25-26H,8,10-11,22H2,1-3H3,(H,23,27)/t14-,15+,16+,17?/m1/s1. The van der Waals surface area contributed by atoms with Crippen LogP contribution in [0.2, 0.25) is 0 Å². The molecule has 1 heterocycles. The van der Waals surface area contributed by atoms with Gasteiger partial charge in [0.25, 0.3) is 0 Å². The molecule has 0 aromatic heterocycles. The fraction of sp³-hybridized carbons (Fsp3) is 0.550. The molecule has 8 heteroatoms. The Morgan fingerprint density at radius 3 is 2.46 bits per heavy atom. The molecule has 1 saturated heterocycles. The number of nitriles is 1. The molecule has 8 nitrogen and oxygen atoms in total. The normalized spacial score (nSPS) is 21.7. The Labute approximate surface area is 164 Å². The van der Waals surface area contributed by atoms with Crippen molar-refractivity contribution < 1.29 is 19.8 Å². The number of aliphatic hydroxyl groups excluding tert-OH is 2. The van der Waals surface area contributed by atoms with E-state index in [1.165, 1.54) is 4.90 Å². The number of carbonyl (C=O) groups is 2. The van der Waals surface area contributed by atoms with E-state index in [1.54, 1.807) is 24.3 Å². The molecule has 1 aromatic rings. The largest absolute Gasteiger partial charge is 0.394 e. The highest BCUT2D eigenvalue weighted by Crippen LogP contribution is 2.25. The van der Waals surface area contributed by atoms with Crippen molar-refractivity contribution in [2.75, 3.05) is 13.2 Å². The van der Waals surface area contributed by atoms with Crippen molar-refractivity contribution in [3.63, 3.8) is 0 Å².